The van der Waals surface area contributed by atoms with Gasteiger partial charge in [0.2, 0.25) is 0 Å². The number of nitrogens with one attached hydrogen (secondary N) is 3. The number of rotatable bonds is 6. The summed E-state index contributed by atoms with van der Waals surface area (Å²) in [6, 6.07) is 14.7. The molecule has 0 atom stereocenters. The van der Waals surface area contributed by atoms with E-state index < -0.39 is 18.1 Å². The van der Waals surface area contributed by atoms with Crippen LogP contribution in [0.5, 0.6) is 5.75 Å². The number of amides is 2. The van der Waals surface area contributed by atoms with E-state index in [0.29, 0.717) is 28.8 Å². The quantitative estimate of drug-likeness (QED) is 0.356. The van der Waals surface area contributed by atoms with Crippen molar-refractivity contribution in [3.63, 3.8) is 0 Å². The second kappa shape index (κ2) is 9.48. The zero-order valence-corrected chi connectivity index (χ0v) is 17.7. The van der Waals surface area contributed by atoms with Crippen molar-refractivity contribution < 1.29 is 22.7 Å². The van der Waals surface area contributed by atoms with Crippen LogP contribution in [0.3, 0.4) is 0 Å². The second-order valence-electron chi connectivity index (χ2n) is 6.93. The molecular weight excluding hydrogens is 451 g/mol. The Balaban J connectivity index is 1.40. The van der Waals surface area contributed by atoms with Crippen molar-refractivity contribution in [1.29, 1.82) is 0 Å². The molecule has 0 unspecified atom stereocenters. The van der Waals surface area contributed by atoms with Crippen LogP contribution in [-0.2, 0) is 0 Å². The predicted octanol–water partition coefficient (Wildman–Crippen LogP) is 5.26. The zero-order chi connectivity index (χ0) is 24.1. The molecule has 0 saturated heterocycles. The number of halogens is 3. The standard InChI is InChI=1S/C22H18F3N7O2/c1-14-27-19(13-20(28-14)32-12-4-11-26-32)29-15-7-9-16(10-8-15)30-21(33)31-17-5-2-3-6-18(17)34-22(23,24)25/h2-13H,1H3,(H,27,28,29)(H2,30,31,33). The predicted molar refractivity (Wildman–Crippen MR) is 119 cm³/mol. The van der Waals surface area contributed by atoms with E-state index in [1.54, 1.807) is 60.4 Å². The number of aromatic nitrogens is 4. The number of hydrogen-bond acceptors (Lipinski definition) is 6. The van der Waals surface area contributed by atoms with Gasteiger partial charge in [-0.05, 0) is 49.4 Å². The van der Waals surface area contributed by atoms with Gasteiger partial charge in [0.05, 0.1) is 5.69 Å². The highest BCUT2D eigenvalue weighted by molar-refractivity contribution is 6.00. The first-order chi connectivity index (χ1) is 16.2. The molecule has 2 aromatic heterocycles. The average molecular weight is 469 g/mol. The van der Waals surface area contributed by atoms with Crippen molar-refractivity contribution in [1.82, 2.24) is 19.7 Å². The normalized spacial score (nSPS) is 11.1. The number of urea groups is 1. The van der Waals surface area contributed by atoms with E-state index in [1.165, 1.54) is 18.2 Å². The number of nitrogens with zero attached hydrogens (tertiary/aromatic N) is 4. The lowest BCUT2D eigenvalue weighted by Crippen LogP contribution is -2.22. The van der Waals surface area contributed by atoms with E-state index in [2.05, 4.69) is 35.8 Å². The first-order valence-electron chi connectivity index (χ1n) is 9.91. The Kier molecular flexibility index (Phi) is 6.30. The molecule has 0 saturated carbocycles. The zero-order valence-electron chi connectivity index (χ0n) is 17.7. The molecule has 3 N–H and O–H groups in total. The smallest absolute Gasteiger partial charge is 0.404 e. The fraction of sp³-hybridized carbons (Fsp3) is 0.0909. The van der Waals surface area contributed by atoms with Gasteiger partial charge in [-0.3, -0.25) is 0 Å². The Hall–Kier alpha value is -4.61. The molecule has 2 aromatic carbocycles. The Labute approximate surface area is 191 Å². The maximum absolute atomic E-state index is 12.5. The summed E-state index contributed by atoms with van der Waals surface area (Å²) in [5, 5.41) is 12.2. The van der Waals surface area contributed by atoms with E-state index in [1.807, 2.05) is 0 Å². The summed E-state index contributed by atoms with van der Waals surface area (Å²) in [7, 11) is 0. The van der Waals surface area contributed by atoms with Crippen LogP contribution in [0.2, 0.25) is 0 Å². The fourth-order valence-electron chi connectivity index (χ4n) is 2.99. The first-order valence-corrected chi connectivity index (χ1v) is 9.91. The summed E-state index contributed by atoms with van der Waals surface area (Å²) in [5.74, 6) is 1.20. The summed E-state index contributed by atoms with van der Waals surface area (Å²) in [4.78, 5) is 21.0. The van der Waals surface area contributed by atoms with Gasteiger partial charge >= 0.3 is 12.4 Å². The number of benzene rings is 2. The van der Waals surface area contributed by atoms with Gasteiger partial charge in [-0.25, -0.2) is 19.4 Å². The third kappa shape index (κ3) is 6.00. The minimum absolute atomic E-state index is 0.122. The van der Waals surface area contributed by atoms with Crippen molar-refractivity contribution >= 4 is 28.9 Å². The SMILES string of the molecule is Cc1nc(Nc2ccc(NC(=O)Nc3ccccc3OC(F)(F)F)cc2)cc(-n2cccn2)n1. The van der Waals surface area contributed by atoms with Gasteiger partial charge in [0.15, 0.2) is 11.6 Å². The van der Waals surface area contributed by atoms with Crippen molar-refractivity contribution in [2.24, 2.45) is 0 Å². The van der Waals surface area contributed by atoms with Crippen LogP contribution < -0.4 is 20.7 Å². The number of carbonyl (C=O) groups excluding carboxylic acids is 1. The number of ether oxygens (including phenoxy) is 1. The second-order valence-corrected chi connectivity index (χ2v) is 6.93. The number of aryl methyl sites for hydroxylation is 1. The maximum Gasteiger partial charge on any atom is 0.573 e. The summed E-state index contributed by atoms with van der Waals surface area (Å²) < 4.78 is 43.2. The van der Waals surface area contributed by atoms with E-state index in [-0.39, 0.29) is 5.69 Å². The van der Waals surface area contributed by atoms with Crippen LogP contribution in [-0.4, -0.2) is 32.1 Å². The molecule has 0 bridgehead atoms. The molecule has 0 aliphatic rings. The molecule has 2 amide bonds. The van der Waals surface area contributed by atoms with Gasteiger partial charge in [-0.1, -0.05) is 12.1 Å². The Bertz CT molecular complexity index is 1280. The lowest BCUT2D eigenvalue weighted by molar-refractivity contribution is -0.274. The van der Waals surface area contributed by atoms with E-state index in [4.69, 9.17) is 0 Å². The van der Waals surface area contributed by atoms with Gasteiger partial charge in [-0.15, -0.1) is 13.2 Å². The molecule has 0 aliphatic heterocycles. The van der Waals surface area contributed by atoms with Crippen molar-refractivity contribution in [2.45, 2.75) is 13.3 Å². The molecule has 9 nitrogen and oxygen atoms in total. The molecule has 4 rings (SSSR count). The number of hydrogen-bond donors (Lipinski definition) is 3. The van der Waals surface area contributed by atoms with Crippen LogP contribution in [0.15, 0.2) is 73.1 Å². The Morgan fingerprint density at radius 1 is 0.971 bits per heavy atom. The topological polar surface area (TPSA) is 106 Å². The van der Waals surface area contributed by atoms with Crippen molar-refractivity contribution in [3.05, 3.63) is 78.9 Å². The fourth-order valence-corrected chi connectivity index (χ4v) is 2.99. The summed E-state index contributed by atoms with van der Waals surface area (Å²) in [6.45, 7) is 1.77. The molecule has 0 aliphatic carbocycles. The molecule has 12 heteroatoms. The third-order valence-electron chi connectivity index (χ3n) is 4.34. The van der Waals surface area contributed by atoms with E-state index in [9.17, 15) is 18.0 Å². The lowest BCUT2D eigenvalue weighted by Gasteiger charge is -2.14. The van der Waals surface area contributed by atoms with Crippen LogP contribution in [0.1, 0.15) is 5.82 Å². The summed E-state index contributed by atoms with van der Waals surface area (Å²) >= 11 is 0. The molecular formula is C22H18F3N7O2. The van der Waals surface area contributed by atoms with Crippen molar-refractivity contribution in [3.8, 4) is 11.6 Å². The molecule has 0 fully saturated rings. The maximum atomic E-state index is 12.5. The third-order valence-corrected chi connectivity index (χ3v) is 4.34. The highest BCUT2D eigenvalue weighted by Crippen LogP contribution is 2.30. The number of anilines is 4. The van der Waals surface area contributed by atoms with Gasteiger partial charge in [-0.2, -0.15) is 5.10 Å². The van der Waals surface area contributed by atoms with Gasteiger partial charge in [0.1, 0.15) is 11.6 Å². The summed E-state index contributed by atoms with van der Waals surface area (Å²) in [6.07, 6.45) is -1.46. The van der Waals surface area contributed by atoms with Gasteiger partial charge in [0, 0.05) is 29.8 Å². The first kappa shape index (κ1) is 22.6. The monoisotopic (exact) mass is 469 g/mol. The average Bonchev–Trinajstić information content (AvgIpc) is 3.30. The van der Waals surface area contributed by atoms with Crippen LogP contribution >= 0.6 is 0 Å². The lowest BCUT2D eigenvalue weighted by atomic mass is 10.2. The van der Waals surface area contributed by atoms with E-state index in [0.717, 1.165) is 6.07 Å². The molecule has 34 heavy (non-hydrogen) atoms. The number of alkyl halides is 3. The minimum atomic E-state index is -4.88. The van der Waals surface area contributed by atoms with Gasteiger partial charge < -0.3 is 20.7 Å². The minimum Gasteiger partial charge on any atom is -0.404 e. The van der Waals surface area contributed by atoms with Crippen molar-refractivity contribution in [2.75, 3.05) is 16.0 Å². The highest BCUT2D eigenvalue weighted by Gasteiger charge is 2.32. The molecule has 174 valence electrons. The molecule has 0 spiro atoms. The Morgan fingerprint density at radius 2 is 1.71 bits per heavy atom. The number of carbonyl (C=O) groups is 1. The van der Waals surface area contributed by atoms with Crippen LogP contribution in [0, 0.1) is 6.92 Å². The highest BCUT2D eigenvalue weighted by atomic mass is 19.4. The largest absolute Gasteiger partial charge is 0.573 e. The van der Waals surface area contributed by atoms with E-state index >= 15 is 0 Å². The molecule has 4 aromatic rings. The van der Waals surface area contributed by atoms with Gasteiger partial charge in [0.25, 0.3) is 0 Å². The molecule has 0 radical (unpaired) electrons. The van der Waals surface area contributed by atoms with Crippen LogP contribution in [0.25, 0.3) is 5.82 Å². The van der Waals surface area contributed by atoms with Crippen LogP contribution in [0.4, 0.5) is 40.8 Å². The summed E-state index contributed by atoms with van der Waals surface area (Å²) in [5.41, 5.74) is 0.996. The Morgan fingerprint density at radius 3 is 2.41 bits per heavy atom. The molecule has 2 heterocycles. The number of para-hydroxylation sites is 2.